The number of ether oxygens (including phenoxy) is 2. The van der Waals surface area contributed by atoms with Crippen LogP contribution in [0.3, 0.4) is 0 Å². The molecule has 3 saturated heterocycles. The second kappa shape index (κ2) is 10.8. The van der Waals surface area contributed by atoms with Gasteiger partial charge in [0.25, 0.3) is 14.9 Å². The van der Waals surface area contributed by atoms with Crippen molar-refractivity contribution in [3.8, 4) is 0 Å². The minimum Gasteiger partial charge on any atom is -0.397 e. The van der Waals surface area contributed by atoms with Gasteiger partial charge in [0.05, 0.1) is 37.6 Å². The monoisotopic (exact) mass is 646 g/mol. The fourth-order valence-electron chi connectivity index (χ4n) is 5.41. The van der Waals surface area contributed by atoms with E-state index < -0.39 is 77.2 Å². The number of pyridine rings is 1. The van der Waals surface area contributed by atoms with Gasteiger partial charge < -0.3 is 44.8 Å². The summed E-state index contributed by atoms with van der Waals surface area (Å²) in [6.45, 7) is -1.18. The summed E-state index contributed by atoms with van der Waals surface area (Å²) >= 11 is 0. The zero-order valence-corrected chi connectivity index (χ0v) is 24.3. The van der Waals surface area contributed by atoms with E-state index in [-0.39, 0.29) is 17.0 Å². The van der Waals surface area contributed by atoms with Crippen LogP contribution in [-0.2, 0) is 36.7 Å². The number of imidazole rings is 2. The number of nitrogens with zero attached hydrogens (tertiary/aromatic N) is 7. The van der Waals surface area contributed by atoms with Gasteiger partial charge in [0.2, 0.25) is 15.1 Å². The lowest BCUT2D eigenvalue weighted by Gasteiger charge is -2.30. The van der Waals surface area contributed by atoms with Gasteiger partial charge in [-0.15, -0.1) is 0 Å². The van der Waals surface area contributed by atoms with Crippen molar-refractivity contribution < 1.29 is 41.1 Å². The van der Waals surface area contributed by atoms with Crippen molar-refractivity contribution in [2.24, 2.45) is 5.73 Å². The predicted molar refractivity (Wildman–Crippen MR) is 151 cm³/mol. The smallest absolute Gasteiger partial charge is 0.264 e. The van der Waals surface area contributed by atoms with Gasteiger partial charge >= 0.3 is 0 Å². The molecular weight excluding hydrogens is 623 g/mol. The maximum Gasteiger partial charge on any atom is 0.264 e. The minimum absolute atomic E-state index is 0.0594. The molecule has 4 aromatic heterocycles. The quantitative estimate of drug-likeness (QED) is 0.195. The summed E-state index contributed by atoms with van der Waals surface area (Å²) in [5.74, 6) is 0.0594. The molecule has 0 aliphatic carbocycles. The van der Waals surface area contributed by atoms with E-state index in [1.807, 2.05) is 0 Å². The Balaban J connectivity index is 1.17. The van der Waals surface area contributed by atoms with Gasteiger partial charge in [-0.1, -0.05) is 0 Å². The number of halogens is 1. The van der Waals surface area contributed by atoms with Crippen LogP contribution in [0.15, 0.2) is 31.2 Å². The molecule has 3 aliphatic rings. The van der Waals surface area contributed by atoms with Gasteiger partial charge in [-0.2, -0.15) is 0 Å². The van der Waals surface area contributed by atoms with Gasteiger partial charge in [-0.3, -0.25) is 18.3 Å². The number of anilines is 2. The Bertz CT molecular complexity index is 1710. The molecule has 6 N–H and O–H groups in total. The van der Waals surface area contributed by atoms with Crippen LogP contribution in [0.4, 0.5) is 15.9 Å². The van der Waals surface area contributed by atoms with E-state index in [4.69, 9.17) is 59.9 Å². The van der Waals surface area contributed by atoms with E-state index in [0.29, 0.717) is 16.9 Å². The van der Waals surface area contributed by atoms with Crippen LogP contribution in [0.5, 0.6) is 0 Å². The molecular formula is C21H23B2FN10O8P2. The maximum atomic E-state index is 16.0. The van der Waals surface area contributed by atoms with Crippen molar-refractivity contribution in [1.29, 1.82) is 0 Å². The first-order chi connectivity index (χ1) is 20.9. The number of rotatable bonds is 2. The largest absolute Gasteiger partial charge is 0.397 e. The highest BCUT2D eigenvalue weighted by Gasteiger charge is 2.52. The van der Waals surface area contributed by atoms with Crippen molar-refractivity contribution in [3.05, 3.63) is 31.2 Å². The summed E-state index contributed by atoms with van der Waals surface area (Å²) in [4.78, 5) is 20.6. The van der Waals surface area contributed by atoms with Gasteiger partial charge in [-0.25, -0.2) is 29.3 Å². The Morgan fingerprint density at radius 2 is 1.43 bits per heavy atom. The zero-order valence-electron chi connectivity index (χ0n) is 22.5. The van der Waals surface area contributed by atoms with Gasteiger partial charge in [0, 0.05) is 6.20 Å². The average Bonchev–Trinajstić information content (AvgIpc) is 3.73. The first-order valence-corrected chi connectivity index (χ1v) is 16.3. The van der Waals surface area contributed by atoms with Crippen LogP contribution in [0, 0.1) is 0 Å². The van der Waals surface area contributed by atoms with Gasteiger partial charge in [-0.05, 0) is 6.07 Å². The summed E-state index contributed by atoms with van der Waals surface area (Å²) < 4.78 is 79.2. The second-order valence-corrected chi connectivity index (χ2v) is 13.4. The van der Waals surface area contributed by atoms with Crippen molar-refractivity contribution in [3.63, 3.8) is 0 Å². The normalized spacial score (nSPS) is 38.2. The van der Waals surface area contributed by atoms with Gasteiger partial charge in [0.1, 0.15) is 41.8 Å². The molecule has 0 amide bonds. The summed E-state index contributed by atoms with van der Waals surface area (Å²) in [5, 5.41) is 0. The number of nitrogens with two attached hydrogens (primary N) is 3. The molecule has 3 fully saturated rings. The standard InChI is InChI=1S/C21H23B2FN10O8P2/c22-43(35)38-4-10-16(12(26)21(40-10)34-6-31-13-8(25)1-2-28-18(13)34)42-44(23,36)37-3-9-15(41-43)11(24)20(39-9)33-7-32-14-17(27)29-5-30-19(14)33/h1-2,5-7,9-12,15-16,20-21H,3-4,26H2,(H2,25,28)(H2,27,29,30)/t9-,10-,11?,12+,15+,16?,20-,21-,43?,44?/m1/s1. The lowest BCUT2D eigenvalue weighted by atomic mass is 10.1. The van der Waals surface area contributed by atoms with Crippen LogP contribution in [0.1, 0.15) is 12.5 Å². The van der Waals surface area contributed by atoms with Crippen molar-refractivity contribution >= 4 is 63.9 Å². The Kier molecular flexibility index (Phi) is 7.31. The molecule has 0 aromatic carbocycles. The number of nitrogen functional groups attached to an aromatic ring is 2. The molecule has 0 spiro atoms. The number of aromatic nitrogens is 7. The van der Waals surface area contributed by atoms with E-state index in [1.54, 1.807) is 6.07 Å². The first kappa shape index (κ1) is 29.7. The first-order valence-electron chi connectivity index (χ1n) is 13.1. The van der Waals surface area contributed by atoms with E-state index in [2.05, 4.69) is 24.9 Å². The maximum absolute atomic E-state index is 16.0. The van der Waals surface area contributed by atoms with Crippen molar-refractivity contribution in [2.45, 2.75) is 49.1 Å². The fraction of sp³-hybridized carbons (Fsp3) is 0.476. The van der Waals surface area contributed by atoms with Crippen LogP contribution >= 0.6 is 14.9 Å². The topological polar surface area (TPSA) is 242 Å². The molecule has 228 valence electrons. The van der Waals surface area contributed by atoms with Crippen LogP contribution < -0.4 is 17.2 Å². The molecule has 4 unspecified atom stereocenters. The van der Waals surface area contributed by atoms with Crippen LogP contribution in [0.2, 0.25) is 0 Å². The van der Waals surface area contributed by atoms with Crippen LogP contribution in [0.25, 0.3) is 22.3 Å². The molecule has 4 aromatic rings. The number of hydrogen-bond donors (Lipinski definition) is 3. The molecule has 3 aliphatic heterocycles. The van der Waals surface area contributed by atoms with E-state index in [9.17, 15) is 9.13 Å². The summed E-state index contributed by atoms with van der Waals surface area (Å²) in [5.41, 5.74) is 19.8. The molecule has 0 saturated carbocycles. The molecule has 44 heavy (non-hydrogen) atoms. The van der Waals surface area contributed by atoms with Gasteiger partial charge in [0.15, 0.2) is 35.7 Å². The number of fused-ring (bicyclic) bond motifs is 4. The average molecular weight is 646 g/mol. The molecule has 4 radical (unpaired) electrons. The lowest BCUT2D eigenvalue weighted by Crippen LogP contribution is -2.42. The molecule has 10 atom stereocenters. The SMILES string of the molecule is [B]P1(=O)OC[C@H]2O[C@@H](n3cnc4c(N)ncnc43)C(F)[C@H]2OP([B])(=O)OC[C@H]2O[C@@H](n3cnc4c(N)ccnc43)[C@@H](N)C2O1. The van der Waals surface area contributed by atoms with E-state index in [0.717, 1.165) is 0 Å². The summed E-state index contributed by atoms with van der Waals surface area (Å²) in [7, 11) is 2.90. The molecule has 23 heteroatoms. The molecule has 7 rings (SSSR count). The highest BCUT2D eigenvalue weighted by atomic mass is 31.2. The zero-order chi connectivity index (χ0) is 31.0. The minimum atomic E-state index is -4.50. The molecule has 18 nitrogen and oxygen atoms in total. The van der Waals surface area contributed by atoms with Crippen LogP contribution in [-0.4, -0.2) is 99.0 Å². The fourth-order valence-corrected chi connectivity index (χ4v) is 7.45. The summed E-state index contributed by atoms with van der Waals surface area (Å²) in [6.07, 6.45) is -4.55. The third-order valence-corrected chi connectivity index (χ3v) is 9.55. The van der Waals surface area contributed by atoms with Crippen molar-refractivity contribution in [1.82, 2.24) is 34.1 Å². The Morgan fingerprint density at radius 3 is 2.16 bits per heavy atom. The van der Waals surface area contributed by atoms with E-state index in [1.165, 1.54) is 34.3 Å². The number of hydrogen-bond acceptors (Lipinski definition) is 16. The Morgan fingerprint density at radius 1 is 0.841 bits per heavy atom. The summed E-state index contributed by atoms with van der Waals surface area (Å²) in [6, 6.07) is 0.523. The highest BCUT2D eigenvalue weighted by Crippen LogP contribution is 2.53. The Labute approximate surface area is 249 Å². The van der Waals surface area contributed by atoms with Crippen molar-refractivity contribution in [2.75, 3.05) is 24.7 Å². The highest BCUT2D eigenvalue weighted by molar-refractivity contribution is 7.79. The Hall–Kier alpha value is -2.99. The number of alkyl halides is 1. The molecule has 7 heterocycles. The van der Waals surface area contributed by atoms with E-state index >= 15 is 4.39 Å². The predicted octanol–water partition coefficient (Wildman–Crippen LogP) is 0.266. The second-order valence-electron chi connectivity index (χ2n) is 10.3. The third-order valence-electron chi connectivity index (χ3n) is 7.46. The third kappa shape index (κ3) is 5.11. The molecule has 0 bridgehead atoms. The lowest BCUT2D eigenvalue weighted by molar-refractivity contribution is -0.0544.